The van der Waals surface area contributed by atoms with E-state index in [0.717, 1.165) is 6.07 Å². The van der Waals surface area contributed by atoms with Crippen LogP contribution in [-0.2, 0) is 10.1 Å². The minimum atomic E-state index is -4.96. The lowest BCUT2D eigenvalue weighted by Gasteiger charge is -2.14. The minimum absolute atomic E-state index is 0.0193. The molecule has 17 nitrogen and oxygen atoms in total. The van der Waals surface area contributed by atoms with Crippen molar-refractivity contribution in [1.82, 2.24) is 19.9 Å². The van der Waals surface area contributed by atoms with Gasteiger partial charge in [-0.2, -0.15) is 8.42 Å². The van der Waals surface area contributed by atoms with Crippen molar-refractivity contribution in [2.45, 2.75) is 18.7 Å². The third kappa shape index (κ3) is 7.72. The molecular formula is C38H28N10O7S. The molecular weight excluding hydrogens is 741 g/mol. The Morgan fingerprint density at radius 1 is 0.625 bits per heavy atom. The molecule has 0 saturated carbocycles. The summed E-state index contributed by atoms with van der Waals surface area (Å²) in [4.78, 5) is 43.5. The number of phenolic OH excluding ortho intramolecular Hbond substituents is 2. The molecule has 0 bridgehead atoms. The first-order valence-electron chi connectivity index (χ1n) is 16.5. The summed E-state index contributed by atoms with van der Waals surface area (Å²) in [5.41, 5.74) is 1.25. The Bertz CT molecular complexity index is 2870. The first-order chi connectivity index (χ1) is 26.9. The predicted molar refractivity (Wildman–Crippen MR) is 205 cm³/mol. The number of aryl methyl sites for hydroxylation is 2. The molecule has 18 heteroatoms. The lowest BCUT2D eigenvalue weighted by Crippen LogP contribution is -2.18. The first-order valence-corrected chi connectivity index (χ1v) is 18.0. The Kier molecular flexibility index (Phi) is 9.88. The van der Waals surface area contributed by atoms with E-state index in [9.17, 15) is 32.8 Å². The van der Waals surface area contributed by atoms with Crippen LogP contribution in [0.2, 0.25) is 0 Å². The number of aromatic nitrogens is 4. The van der Waals surface area contributed by atoms with Gasteiger partial charge < -0.3 is 20.8 Å². The van der Waals surface area contributed by atoms with Crippen LogP contribution in [0.5, 0.6) is 11.5 Å². The van der Waals surface area contributed by atoms with Crippen molar-refractivity contribution in [3.05, 3.63) is 126 Å². The minimum Gasteiger partial charge on any atom is -0.507 e. The summed E-state index contributed by atoms with van der Waals surface area (Å²) in [6.07, 6.45) is 3.12. The fraction of sp³-hybridized carbons (Fsp3) is 0.0526. The number of benzene rings is 3. The van der Waals surface area contributed by atoms with E-state index >= 15 is 0 Å². The molecule has 0 aliphatic rings. The van der Waals surface area contributed by atoms with Gasteiger partial charge in [0, 0.05) is 28.9 Å². The molecule has 4 heterocycles. The Morgan fingerprint density at radius 2 is 1.12 bits per heavy atom. The van der Waals surface area contributed by atoms with Crippen LogP contribution in [0.25, 0.3) is 21.8 Å². The molecule has 0 aliphatic carbocycles. The summed E-state index contributed by atoms with van der Waals surface area (Å²) >= 11 is 0. The van der Waals surface area contributed by atoms with Gasteiger partial charge in [-0.1, -0.05) is 12.1 Å². The van der Waals surface area contributed by atoms with E-state index in [1.54, 1.807) is 55.7 Å². The van der Waals surface area contributed by atoms with Crippen molar-refractivity contribution in [2.75, 3.05) is 10.6 Å². The number of amides is 2. The smallest absolute Gasteiger partial charge is 0.296 e. The van der Waals surface area contributed by atoms with Crippen LogP contribution in [0.3, 0.4) is 0 Å². The number of hydrogen-bond acceptors (Lipinski definition) is 14. The van der Waals surface area contributed by atoms with Gasteiger partial charge in [-0.15, -0.1) is 20.5 Å². The van der Waals surface area contributed by atoms with Crippen LogP contribution < -0.4 is 10.6 Å². The molecule has 0 spiro atoms. The molecule has 7 aromatic rings. The number of pyridine rings is 4. The normalized spacial score (nSPS) is 11.8. The highest BCUT2D eigenvalue weighted by atomic mass is 32.2. The summed E-state index contributed by atoms with van der Waals surface area (Å²) in [7, 11) is -4.96. The van der Waals surface area contributed by atoms with Crippen LogP contribution in [-0.4, -0.2) is 54.9 Å². The number of azo groups is 2. The largest absolute Gasteiger partial charge is 0.507 e. The Morgan fingerprint density at radius 3 is 1.59 bits per heavy atom. The standard InChI is InChI=1S/C38H28N10O7S/c1-20-23(18-25-30(49)13-11-28(35(25)41-20)45-47-33-7-3-5-15-39-33)37(51)43-22-9-10-27(32(17-22)56(53,54)55)44-38(52)24-19-26-31(50)14-12-29(36(26)42-21(24)2)46-48-34-8-4-6-16-40-34/h3-19,49-50H,1-2H3,(H,43,51)(H,44,52)(H,53,54,55). The first kappa shape index (κ1) is 36.8. The zero-order chi connectivity index (χ0) is 39.6. The molecule has 56 heavy (non-hydrogen) atoms. The van der Waals surface area contributed by atoms with E-state index in [4.69, 9.17) is 0 Å². The average Bonchev–Trinajstić information content (AvgIpc) is 3.18. The van der Waals surface area contributed by atoms with Crippen molar-refractivity contribution in [3.63, 3.8) is 0 Å². The Labute approximate surface area is 317 Å². The molecule has 2 amide bonds. The molecule has 0 saturated heterocycles. The van der Waals surface area contributed by atoms with Gasteiger partial charge in [0.15, 0.2) is 11.6 Å². The highest BCUT2D eigenvalue weighted by Gasteiger charge is 2.23. The average molecular weight is 769 g/mol. The molecule has 278 valence electrons. The number of anilines is 2. The molecule has 5 N–H and O–H groups in total. The van der Waals surface area contributed by atoms with Gasteiger partial charge in [-0.3, -0.25) is 14.1 Å². The molecule has 4 aromatic heterocycles. The number of fused-ring (bicyclic) bond motifs is 2. The topological polar surface area (TPSA) is 254 Å². The van der Waals surface area contributed by atoms with Gasteiger partial charge in [-0.05, 0) is 92.7 Å². The maximum absolute atomic E-state index is 13.5. The molecule has 0 unspecified atom stereocenters. The Hall–Kier alpha value is -7.57. The van der Waals surface area contributed by atoms with Gasteiger partial charge in [0.05, 0.1) is 28.2 Å². The molecule has 0 atom stereocenters. The number of hydrogen-bond donors (Lipinski definition) is 5. The highest BCUT2D eigenvalue weighted by molar-refractivity contribution is 7.86. The SMILES string of the molecule is Cc1nc2c(N=Nc3ccccn3)ccc(O)c2cc1C(=O)Nc1ccc(NC(=O)c2cc3c(O)ccc(N=Nc4ccccn4)c3nc2C)c(S(=O)(=O)O)c1. The highest BCUT2D eigenvalue weighted by Crippen LogP contribution is 2.36. The van der Waals surface area contributed by atoms with Crippen LogP contribution in [0, 0.1) is 13.8 Å². The van der Waals surface area contributed by atoms with Gasteiger partial charge >= 0.3 is 0 Å². The van der Waals surface area contributed by atoms with Crippen molar-refractivity contribution < 1.29 is 32.8 Å². The molecule has 0 fully saturated rings. The molecule has 7 rings (SSSR count). The maximum Gasteiger partial charge on any atom is 0.296 e. The van der Waals surface area contributed by atoms with Crippen molar-refractivity contribution in [1.29, 1.82) is 0 Å². The second-order valence-electron chi connectivity index (χ2n) is 12.1. The number of phenols is 2. The number of carbonyl (C=O) groups is 2. The van der Waals surface area contributed by atoms with Gasteiger partial charge in [-0.25, -0.2) is 19.9 Å². The fourth-order valence-corrected chi connectivity index (χ4v) is 6.28. The zero-order valence-electron chi connectivity index (χ0n) is 29.3. The van der Waals surface area contributed by atoms with Gasteiger partial charge in [0.25, 0.3) is 21.9 Å². The van der Waals surface area contributed by atoms with Gasteiger partial charge in [0.1, 0.15) is 38.8 Å². The van der Waals surface area contributed by atoms with Crippen LogP contribution in [0.1, 0.15) is 32.1 Å². The van der Waals surface area contributed by atoms with Crippen LogP contribution >= 0.6 is 0 Å². The number of rotatable bonds is 9. The monoisotopic (exact) mass is 768 g/mol. The van der Waals surface area contributed by atoms with Crippen LogP contribution in [0.4, 0.5) is 34.4 Å². The summed E-state index contributed by atoms with van der Waals surface area (Å²) in [5, 5.41) is 43.3. The Balaban J connectivity index is 1.15. The summed E-state index contributed by atoms with van der Waals surface area (Å²) in [5.74, 6) is -1.20. The third-order valence-corrected chi connectivity index (χ3v) is 9.23. The van der Waals surface area contributed by atoms with E-state index in [1.165, 1.54) is 55.5 Å². The summed E-state index contributed by atoms with van der Waals surface area (Å²) < 4.78 is 35.2. The predicted octanol–water partition coefficient (Wildman–Crippen LogP) is 8.18. The second-order valence-corrected chi connectivity index (χ2v) is 13.5. The number of aromatic hydroxyl groups is 2. The number of nitrogens with one attached hydrogen (secondary N) is 2. The molecule has 3 aromatic carbocycles. The second kappa shape index (κ2) is 15.0. The quantitative estimate of drug-likeness (QED) is 0.0691. The van der Waals surface area contributed by atoms with Crippen molar-refractivity contribution >= 4 is 78.1 Å². The van der Waals surface area contributed by atoms with E-state index in [1.807, 2.05) is 0 Å². The maximum atomic E-state index is 13.5. The zero-order valence-corrected chi connectivity index (χ0v) is 30.1. The van der Waals surface area contributed by atoms with E-state index in [-0.39, 0.29) is 67.2 Å². The fourth-order valence-electron chi connectivity index (χ4n) is 5.61. The van der Waals surface area contributed by atoms with Crippen molar-refractivity contribution in [2.24, 2.45) is 20.5 Å². The lowest BCUT2D eigenvalue weighted by molar-refractivity contribution is 0.101. The van der Waals surface area contributed by atoms with Gasteiger partial charge in [0.2, 0.25) is 0 Å². The number of carbonyl (C=O) groups excluding carboxylic acids is 2. The van der Waals surface area contributed by atoms with E-state index < -0.39 is 26.8 Å². The van der Waals surface area contributed by atoms with Crippen LogP contribution in [0.15, 0.2) is 129 Å². The summed E-state index contributed by atoms with van der Waals surface area (Å²) in [6.45, 7) is 3.10. The summed E-state index contributed by atoms with van der Waals surface area (Å²) in [6, 6.07) is 22.3. The molecule has 0 aliphatic heterocycles. The van der Waals surface area contributed by atoms with Crippen molar-refractivity contribution in [3.8, 4) is 11.5 Å². The third-order valence-electron chi connectivity index (χ3n) is 8.34. The molecule has 0 radical (unpaired) electrons. The lowest BCUT2D eigenvalue weighted by atomic mass is 10.1. The number of nitrogens with zero attached hydrogens (tertiary/aromatic N) is 8. The van der Waals surface area contributed by atoms with E-state index in [2.05, 4.69) is 51.0 Å². The van der Waals surface area contributed by atoms with E-state index in [0.29, 0.717) is 23.0 Å².